The van der Waals surface area contributed by atoms with Crippen LogP contribution in [0.5, 0.6) is 5.75 Å². The fourth-order valence-electron chi connectivity index (χ4n) is 4.92. The Balaban J connectivity index is 1.33. The van der Waals surface area contributed by atoms with E-state index in [1.54, 1.807) is 0 Å². The quantitative estimate of drug-likeness (QED) is 0.537. The summed E-state index contributed by atoms with van der Waals surface area (Å²) in [6, 6.07) is 13.8. The largest absolute Gasteiger partial charge is 0.487 e. The van der Waals surface area contributed by atoms with Crippen molar-refractivity contribution in [2.75, 3.05) is 19.6 Å². The number of oxazole rings is 1. The van der Waals surface area contributed by atoms with E-state index in [4.69, 9.17) is 9.15 Å². The minimum atomic E-state index is -0.252. The van der Waals surface area contributed by atoms with E-state index >= 15 is 0 Å². The Morgan fingerprint density at radius 2 is 1.85 bits per heavy atom. The summed E-state index contributed by atoms with van der Waals surface area (Å²) >= 11 is 0. The van der Waals surface area contributed by atoms with Crippen LogP contribution in [0.3, 0.4) is 0 Å². The molecule has 0 spiro atoms. The predicted molar refractivity (Wildman–Crippen MR) is 133 cm³/mol. The summed E-state index contributed by atoms with van der Waals surface area (Å²) in [7, 11) is 0. The summed E-state index contributed by atoms with van der Waals surface area (Å²) in [5.41, 5.74) is 6.58. The molecule has 0 saturated carbocycles. The van der Waals surface area contributed by atoms with Gasteiger partial charge in [0.2, 0.25) is 11.8 Å². The van der Waals surface area contributed by atoms with Gasteiger partial charge in [-0.1, -0.05) is 13.0 Å². The van der Waals surface area contributed by atoms with Gasteiger partial charge in [-0.2, -0.15) is 5.10 Å². The molecule has 5 rings (SSSR count). The van der Waals surface area contributed by atoms with Gasteiger partial charge in [-0.05, 0) is 82.6 Å². The lowest BCUT2D eigenvalue weighted by atomic mass is 9.90. The van der Waals surface area contributed by atoms with E-state index in [1.807, 2.05) is 42.5 Å². The van der Waals surface area contributed by atoms with Gasteiger partial charge in [-0.25, -0.2) is 10.4 Å². The maximum atomic E-state index is 11.7. The Bertz CT molecular complexity index is 1210. The number of benzene rings is 2. The summed E-state index contributed by atoms with van der Waals surface area (Å²) in [4.78, 5) is 18.8. The second-order valence-corrected chi connectivity index (χ2v) is 9.91. The van der Waals surface area contributed by atoms with Gasteiger partial charge in [0, 0.05) is 30.0 Å². The number of carbonyl (C=O) groups is 1. The van der Waals surface area contributed by atoms with Gasteiger partial charge in [-0.3, -0.25) is 9.69 Å². The number of fused-ring (bicyclic) bond motifs is 1. The second kappa shape index (κ2) is 9.22. The molecule has 1 saturated heterocycles. The highest BCUT2D eigenvalue weighted by molar-refractivity contribution is 6.07. The third-order valence-corrected chi connectivity index (χ3v) is 6.60. The van der Waals surface area contributed by atoms with Crippen molar-refractivity contribution in [2.24, 2.45) is 11.0 Å². The fourth-order valence-corrected chi connectivity index (χ4v) is 4.92. The summed E-state index contributed by atoms with van der Waals surface area (Å²) < 4.78 is 12.4. The monoisotopic (exact) mass is 460 g/mol. The van der Waals surface area contributed by atoms with Crippen molar-refractivity contribution in [2.45, 2.75) is 52.1 Å². The molecule has 1 fully saturated rings. The molecule has 1 aromatic heterocycles. The zero-order valence-corrected chi connectivity index (χ0v) is 20.1. The van der Waals surface area contributed by atoms with Crippen LogP contribution in [0.15, 0.2) is 52.0 Å². The maximum Gasteiger partial charge on any atom is 0.240 e. The minimum Gasteiger partial charge on any atom is -0.487 e. The van der Waals surface area contributed by atoms with Gasteiger partial charge in [0.1, 0.15) is 16.9 Å². The number of nitrogens with zero attached hydrogens (tertiary/aromatic N) is 3. The molecule has 34 heavy (non-hydrogen) atoms. The molecular weight excluding hydrogens is 428 g/mol. The smallest absolute Gasteiger partial charge is 0.240 e. The molecule has 7 heteroatoms. The molecule has 178 valence electrons. The van der Waals surface area contributed by atoms with Crippen molar-refractivity contribution in [1.29, 1.82) is 0 Å². The number of aromatic nitrogens is 1. The minimum absolute atomic E-state index is 0.0366. The van der Waals surface area contributed by atoms with Crippen LogP contribution in [0.25, 0.3) is 22.6 Å². The second-order valence-electron chi connectivity index (χ2n) is 9.91. The molecule has 2 aromatic carbocycles. The molecule has 7 nitrogen and oxygen atoms in total. The van der Waals surface area contributed by atoms with Crippen molar-refractivity contribution in [3.8, 4) is 17.2 Å². The Labute approximate surface area is 200 Å². The van der Waals surface area contributed by atoms with Gasteiger partial charge >= 0.3 is 0 Å². The molecule has 0 radical (unpaired) electrons. The van der Waals surface area contributed by atoms with E-state index in [0.29, 0.717) is 17.9 Å². The van der Waals surface area contributed by atoms with Gasteiger partial charge in [0.05, 0.1) is 5.71 Å². The van der Waals surface area contributed by atoms with Crippen molar-refractivity contribution >= 4 is 22.7 Å². The maximum absolute atomic E-state index is 11.7. The van der Waals surface area contributed by atoms with Crippen LogP contribution in [0.2, 0.25) is 0 Å². The highest BCUT2D eigenvalue weighted by atomic mass is 16.5. The van der Waals surface area contributed by atoms with Crippen LogP contribution < -0.4 is 10.2 Å². The average molecular weight is 461 g/mol. The summed E-state index contributed by atoms with van der Waals surface area (Å²) in [5, 5.41) is 4.31. The molecule has 2 aliphatic heterocycles. The van der Waals surface area contributed by atoms with Gasteiger partial charge in [0.15, 0.2) is 5.58 Å². The third kappa shape index (κ3) is 4.85. The SMILES string of the molecule is CCC1CC(=O)NN=C1c1ccc2nc(-c3ccc(OC(C)(C)CN4CCCC4)cc3)oc2c1. The number of hydrogen-bond donors (Lipinski definition) is 1. The fraction of sp³-hybridized carbons (Fsp3) is 0.444. The van der Waals surface area contributed by atoms with Crippen LogP contribution >= 0.6 is 0 Å². The van der Waals surface area contributed by atoms with Crippen LogP contribution in [-0.4, -0.2) is 46.7 Å². The van der Waals surface area contributed by atoms with Crippen molar-refractivity contribution < 1.29 is 13.9 Å². The predicted octanol–water partition coefficient (Wildman–Crippen LogP) is 5.00. The molecule has 1 atom stereocenters. The standard InChI is InChI=1S/C27H32N4O3/c1-4-18-16-24(32)29-30-25(18)20-9-12-22-23(15-20)33-26(28-22)19-7-10-21(11-8-19)34-27(2,3)17-31-13-5-6-14-31/h7-12,15,18H,4-6,13-14,16-17H2,1-3H3,(H,29,32). The summed E-state index contributed by atoms with van der Waals surface area (Å²) in [6.07, 6.45) is 3.87. The Kier molecular flexibility index (Phi) is 6.13. The van der Waals surface area contributed by atoms with Gasteiger partial charge in [-0.15, -0.1) is 0 Å². The van der Waals surface area contributed by atoms with E-state index in [-0.39, 0.29) is 17.4 Å². The van der Waals surface area contributed by atoms with E-state index in [9.17, 15) is 4.79 Å². The number of ether oxygens (including phenoxy) is 1. The van der Waals surface area contributed by atoms with Crippen LogP contribution in [0.1, 0.15) is 52.0 Å². The van der Waals surface area contributed by atoms with E-state index in [0.717, 1.165) is 54.2 Å². The number of hydrogen-bond acceptors (Lipinski definition) is 6. The summed E-state index contributed by atoms with van der Waals surface area (Å²) in [5.74, 6) is 1.48. The first-order valence-corrected chi connectivity index (χ1v) is 12.2. The molecule has 2 aliphatic rings. The van der Waals surface area contributed by atoms with Crippen molar-refractivity contribution in [3.63, 3.8) is 0 Å². The summed E-state index contributed by atoms with van der Waals surface area (Å²) in [6.45, 7) is 9.60. The molecule has 3 aromatic rings. The topological polar surface area (TPSA) is 80.0 Å². The van der Waals surface area contributed by atoms with Gasteiger partial charge < -0.3 is 9.15 Å². The lowest BCUT2D eigenvalue weighted by Gasteiger charge is -2.31. The Morgan fingerprint density at radius 1 is 1.12 bits per heavy atom. The lowest BCUT2D eigenvalue weighted by Crippen LogP contribution is -2.41. The van der Waals surface area contributed by atoms with Crippen LogP contribution in [0.4, 0.5) is 0 Å². The van der Waals surface area contributed by atoms with Crippen LogP contribution in [0, 0.1) is 5.92 Å². The molecule has 1 amide bonds. The molecule has 0 aliphatic carbocycles. The molecule has 1 N–H and O–H groups in total. The first kappa shape index (κ1) is 22.6. The zero-order valence-electron chi connectivity index (χ0n) is 20.1. The number of hydrazone groups is 1. The highest BCUT2D eigenvalue weighted by Crippen LogP contribution is 2.29. The Morgan fingerprint density at radius 3 is 2.59 bits per heavy atom. The lowest BCUT2D eigenvalue weighted by molar-refractivity contribution is -0.122. The number of rotatable bonds is 7. The van der Waals surface area contributed by atoms with Gasteiger partial charge in [0.25, 0.3) is 0 Å². The highest BCUT2D eigenvalue weighted by Gasteiger charge is 2.26. The molecule has 0 bridgehead atoms. The van der Waals surface area contributed by atoms with Crippen molar-refractivity contribution in [1.82, 2.24) is 15.3 Å². The number of likely N-dealkylation sites (tertiary alicyclic amines) is 1. The molecule has 3 heterocycles. The van der Waals surface area contributed by atoms with E-state index < -0.39 is 0 Å². The molecule has 1 unspecified atom stereocenters. The van der Waals surface area contributed by atoms with Crippen molar-refractivity contribution in [3.05, 3.63) is 48.0 Å². The first-order chi connectivity index (χ1) is 16.4. The van der Waals surface area contributed by atoms with E-state index in [2.05, 4.69) is 41.2 Å². The Hall–Kier alpha value is -3.19. The van der Waals surface area contributed by atoms with Crippen LogP contribution in [-0.2, 0) is 4.79 Å². The number of amides is 1. The first-order valence-electron chi connectivity index (χ1n) is 12.2. The van der Waals surface area contributed by atoms with E-state index in [1.165, 1.54) is 12.8 Å². The zero-order chi connectivity index (χ0) is 23.7. The normalized spacial score (nSPS) is 19.3. The number of carbonyl (C=O) groups excluding carboxylic acids is 1. The number of nitrogens with one attached hydrogen (secondary N) is 1. The molecular formula is C27H32N4O3. The third-order valence-electron chi connectivity index (χ3n) is 6.60. The average Bonchev–Trinajstić information content (AvgIpc) is 3.48.